The summed E-state index contributed by atoms with van der Waals surface area (Å²) in [5.41, 5.74) is 0.998. The molecular weight excluding hydrogens is 268 g/mol. The first-order valence-corrected chi connectivity index (χ1v) is 7.82. The van der Waals surface area contributed by atoms with Gasteiger partial charge in [0.15, 0.2) is 0 Å². The zero-order valence-electron chi connectivity index (χ0n) is 13.2. The van der Waals surface area contributed by atoms with Crippen LogP contribution in [0.15, 0.2) is 6.20 Å². The molecule has 6 nitrogen and oxygen atoms in total. The van der Waals surface area contributed by atoms with Gasteiger partial charge in [-0.2, -0.15) is 5.10 Å². The number of aryl methyl sites for hydroxylation is 1. The van der Waals surface area contributed by atoms with E-state index in [2.05, 4.69) is 29.6 Å². The molecule has 1 aliphatic heterocycles. The summed E-state index contributed by atoms with van der Waals surface area (Å²) in [6.07, 6.45) is 4.14. The summed E-state index contributed by atoms with van der Waals surface area (Å²) in [5.74, 6) is 0.803. The number of hydrogen-bond acceptors (Lipinski definition) is 4. The number of rotatable bonds is 6. The van der Waals surface area contributed by atoms with E-state index in [1.54, 1.807) is 0 Å². The monoisotopic (exact) mass is 294 g/mol. The van der Waals surface area contributed by atoms with Crippen molar-refractivity contribution in [2.75, 3.05) is 25.0 Å². The zero-order valence-corrected chi connectivity index (χ0v) is 13.2. The molecule has 1 aromatic heterocycles. The molecule has 6 heteroatoms. The van der Waals surface area contributed by atoms with E-state index in [1.807, 2.05) is 17.8 Å². The van der Waals surface area contributed by atoms with E-state index in [4.69, 9.17) is 4.74 Å². The summed E-state index contributed by atoms with van der Waals surface area (Å²) >= 11 is 0. The molecule has 0 radical (unpaired) electrons. The molecule has 21 heavy (non-hydrogen) atoms. The molecule has 118 valence electrons. The van der Waals surface area contributed by atoms with Gasteiger partial charge in [0.2, 0.25) is 5.91 Å². The van der Waals surface area contributed by atoms with Gasteiger partial charge in [-0.3, -0.25) is 4.79 Å². The fourth-order valence-electron chi connectivity index (χ4n) is 2.66. The van der Waals surface area contributed by atoms with Crippen molar-refractivity contribution in [2.24, 2.45) is 0 Å². The van der Waals surface area contributed by atoms with E-state index in [9.17, 15) is 4.79 Å². The number of morpholine rings is 1. The Labute approximate surface area is 126 Å². The van der Waals surface area contributed by atoms with E-state index in [0.29, 0.717) is 19.1 Å². The largest absolute Gasteiger partial charge is 0.375 e. The minimum Gasteiger partial charge on any atom is -0.375 e. The number of hydrogen-bond donors (Lipinski definition) is 2. The van der Waals surface area contributed by atoms with Gasteiger partial charge in [-0.05, 0) is 19.8 Å². The Bertz CT molecular complexity index is 462. The number of nitrogens with zero attached hydrogens (tertiary/aromatic N) is 2. The molecule has 1 unspecified atom stereocenters. The lowest BCUT2D eigenvalue weighted by Crippen LogP contribution is -2.40. The van der Waals surface area contributed by atoms with Crippen molar-refractivity contribution in [2.45, 2.75) is 52.2 Å². The second-order valence-electron chi connectivity index (χ2n) is 5.54. The molecule has 1 aromatic rings. The smallest absolute Gasteiger partial charge is 0.228 e. The predicted molar refractivity (Wildman–Crippen MR) is 82.4 cm³/mol. The number of carbonyl (C=O) groups is 1. The van der Waals surface area contributed by atoms with Gasteiger partial charge in [0.25, 0.3) is 0 Å². The first-order chi connectivity index (χ1) is 10.2. The van der Waals surface area contributed by atoms with Gasteiger partial charge in [-0.1, -0.05) is 13.8 Å². The van der Waals surface area contributed by atoms with Gasteiger partial charge in [0, 0.05) is 18.7 Å². The zero-order chi connectivity index (χ0) is 15.2. The van der Waals surface area contributed by atoms with Crippen LogP contribution in [-0.4, -0.2) is 41.5 Å². The first kappa shape index (κ1) is 16.0. The molecule has 2 rings (SSSR count). The second kappa shape index (κ2) is 7.56. The number of amides is 1. The molecule has 1 fully saturated rings. The maximum atomic E-state index is 12.2. The van der Waals surface area contributed by atoms with Gasteiger partial charge in [0.1, 0.15) is 5.82 Å². The standard InChI is InChI=1S/C15H26N4O2/c1-4-12(5-2)19-15(11(3)9-17-19)18-14(20)8-13-10-16-6-7-21-13/h9,12-13,16H,4-8,10H2,1-3H3,(H,18,20). The fourth-order valence-corrected chi connectivity index (χ4v) is 2.66. The van der Waals surface area contributed by atoms with Gasteiger partial charge >= 0.3 is 0 Å². The summed E-state index contributed by atoms with van der Waals surface area (Å²) in [6, 6.07) is 0.321. The van der Waals surface area contributed by atoms with E-state index < -0.39 is 0 Å². The number of nitrogens with one attached hydrogen (secondary N) is 2. The summed E-state index contributed by atoms with van der Waals surface area (Å²) in [5, 5.41) is 10.7. The van der Waals surface area contributed by atoms with E-state index in [0.717, 1.165) is 37.3 Å². The van der Waals surface area contributed by atoms with Crippen molar-refractivity contribution >= 4 is 11.7 Å². The number of ether oxygens (including phenoxy) is 1. The Balaban J connectivity index is 2.01. The molecule has 2 heterocycles. The first-order valence-electron chi connectivity index (χ1n) is 7.82. The van der Waals surface area contributed by atoms with Crippen molar-refractivity contribution in [1.29, 1.82) is 0 Å². The minimum atomic E-state index is -0.0384. The summed E-state index contributed by atoms with van der Waals surface area (Å²) in [7, 11) is 0. The van der Waals surface area contributed by atoms with Gasteiger partial charge < -0.3 is 15.4 Å². The number of anilines is 1. The van der Waals surface area contributed by atoms with Crippen LogP contribution in [0.5, 0.6) is 0 Å². The molecule has 0 aromatic carbocycles. The molecule has 1 atom stereocenters. The Kier molecular flexibility index (Phi) is 5.76. The van der Waals surface area contributed by atoms with Crippen LogP contribution in [0.25, 0.3) is 0 Å². The van der Waals surface area contributed by atoms with Gasteiger partial charge in [0.05, 0.1) is 31.4 Å². The third kappa shape index (κ3) is 4.04. The highest BCUT2D eigenvalue weighted by atomic mass is 16.5. The van der Waals surface area contributed by atoms with Crippen LogP contribution in [0.2, 0.25) is 0 Å². The van der Waals surface area contributed by atoms with Crippen LogP contribution in [0.4, 0.5) is 5.82 Å². The summed E-state index contributed by atoms with van der Waals surface area (Å²) < 4.78 is 7.51. The highest BCUT2D eigenvalue weighted by Gasteiger charge is 2.20. The van der Waals surface area contributed by atoms with E-state index in [-0.39, 0.29) is 12.0 Å². The predicted octanol–water partition coefficient (Wildman–Crippen LogP) is 1.87. The van der Waals surface area contributed by atoms with Crippen molar-refractivity contribution in [3.8, 4) is 0 Å². The van der Waals surface area contributed by atoms with Gasteiger partial charge in [-0.15, -0.1) is 0 Å². The highest BCUT2D eigenvalue weighted by molar-refractivity contribution is 5.90. The Morgan fingerprint density at radius 3 is 2.95 bits per heavy atom. The number of aromatic nitrogens is 2. The molecule has 2 N–H and O–H groups in total. The molecule has 0 bridgehead atoms. The third-order valence-corrected chi connectivity index (χ3v) is 3.94. The van der Waals surface area contributed by atoms with Crippen molar-refractivity contribution < 1.29 is 9.53 Å². The molecule has 1 aliphatic rings. The fraction of sp³-hybridized carbons (Fsp3) is 0.733. The molecule has 0 aliphatic carbocycles. The Hall–Kier alpha value is -1.40. The second-order valence-corrected chi connectivity index (χ2v) is 5.54. The summed E-state index contributed by atoms with van der Waals surface area (Å²) in [4.78, 5) is 12.2. The van der Waals surface area contributed by atoms with Crippen molar-refractivity contribution in [1.82, 2.24) is 15.1 Å². The lowest BCUT2D eigenvalue weighted by molar-refractivity contribution is -0.119. The quantitative estimate of drug-likeness (QED) is 0.840. The lowest BCUT2D eigenvalue weighted by atomic mass is 10.2. The highest BCUT2D eigenvalue weighted by Crippen LogP contribution is 2.23. The normalized spacial score (nSPS) is 19.0. The van der Waals surface area contributed by atoms with Crippen LogP contribution in [-0.2, 0) is 9.53 Å². The molecule has 0 spiro atoms. The van der Waals surface area contributed by atoms with Crippen LogP contribution < -0.4 is 10.6 Å². The van der Waals surface area contributed by atoms with Gasteiger partial charge in [-0.25, -0.2) is 4.68 Å². The van der Waals surface area contributed by atoms with E-state index in [1.165, 1.54) is 0 Å². The van der Waals surface area contributed by atoms with Crippen LogP contribution in [0.3, 0.4) is 0 Å². The molecule has 0 saturated carbocycles. The SMILES string of the molecule is CCC(CC)n1ncc(C)c1NC(=O)CC1CNCCO1. The molecule has 1 saturated heterocycles. The maximum Gasteiger partial charge on any atom is 0.228 e. The van der Waals surface area contributed by atoms with Crippen LogP contribution >= 0.6 is 0 Å². The summed E-state index contributed by atoms with van der Waals surface area (Å²) in [6.45, 7) is 8.51. The third-order valence-electron chi connectivity index (χ3n) is 3.94. The minimum absolute atomic E-state index is 0.0143. The molecule has 1 amide bonds. The van der Waals surface area contributed by atoms with Crippen LogP contribution in [0.1, 0.15) is 44.7 Å². The Morgan fingerprint density at radius 2 is 2.33 bits per heavy atom. The lowest BCUT2D eigenvalue weighted by Gasteiger charge is -2.23. The average Bonchev–Trinajstić information content (AvgIpc) is 2.83. The van der Waals surface area contributed by atoms with Crippen molar-refractivity contribution in [3.63, 3.8) is 0 Å². The Morgan fingerprint density at radius 1 is 1.57 bits per heavy atom. The number of carbonyl (C=O) groups excluding carboxylic acids is 1. The average molecular weight is 294 g/mol. The topological polar surface area (TPSA) is 68.2 Å². The van der Waals surface area contributed by atoms with E-state index >= 15 is 0 Å². The molecular formula is C15H26N4O2. The van der Waals surface area contributed by atoms with Crippen molar-refractivity contribution in [3.05, 3.63) is 11.8 Å². The van der Waals surface area contributed by atoms with Crippen LogP contribution in [0, 0.1) is 6.92 Å². The maximum absolute atomic E-state index is 12.2.